The summed E-state index contributed by atoms with van der Waals surface area (Å²) < 4.78 is 0. The van der Waals surface area contributed by atoms with Crippen LogP contribution in [0.1, 0.15) is 25.7 Å². The molecular formula is C12H17N3O3. The molecule has 0 aliphatic heterocycles. The van der Waals surface area contributed by atoms with Crippen molar-refractivity contribution in [1.29, 1.82) is 0 Å². The van der Waals surface area contributed by atoms with Crippen molar-refractivity contribution in [2.45, 2.75) is 37.8 Å². The van der Waals surface area contributed by atoms with Gasteiger partial charge in [-0.25, -0.2) is 0 Å². The van der Waals surface area contributed by atoms with Gasteiger partial charge in [-0.15, -0.1) is 0 Å². The van der Waals surface area contributed by atoms with Crippen LogP contribution in [-0.4, -0.2) is 22.2 Å². The van der Waals surface area contributed by atoms with Crippen LogP contribution in [0.15, 0.2) is 18.2 Å². The fourth-order valence-corrected chi connectivity index (χ4v) is 2.32. The van der Waals surface area contributed by atoms with E-state index >= 15 is 0 Å². The Morgan fingerprint density at radius 1 is 1.33 bits per heavy atom. The Labute approximate surface area is 105 Å². The summed E-state index contributed by atoms with van der Waals surface area (Å²) >= 11 is 0. The van der Waals surface area contributed by atoms with E-state index in [1.165, 1.54) is 6.07 Å². The van der Waals surface area contributed by atoms with Gasteiger partial charge in [-0.2, -0.15) is 0 Å². The molecule has 1 fully saturated rings. The Morgan fingerprint density at radius 3 is 2.61 bits per heavy atom. The SMILES string of the molecule is Nc1cccc(NC2CCC(O)CC2)c1[N+](=O)[O-]. The minimum Gasteiger partial charge on any atom is -0.393 e. The third kappa shape index (κ3) is 2.70. The molecule has 0 amide bonds. The van der Waals surface area contributed by atoms with E-state index in [1.807, 2.05) is 0 Å². The third-order valence-electron chi connectivity index (χ3n) is 3.31. The van der Waals surface area contributed by atoms with E-state index in [1.54, 1.807) is 12.1 Å². The molecule has 0 heterocycles. The Balaban J connectivity index is 2.14. The number of nitrogens with two attached hydrogens (primary N) is 1. The number of benzene rings is 1. The highest BCUT2D eigenvalue weighted by atomic mass is 16.6. The molecule has 0 atom stereocenters. The number of hydrogen-bond donors (Lipinski definition) is 3. The van der Waals surface area contributed by atoms with E-state index in [0.29, 0.717) is 5.69 Å². The average molecular weight is 251 g/mol. The molecule has 4 N–H and O–H groups in total. The molecule has 1 aliphatic carbocycles. The van der Waals surface area contributed by atoms with Crippen molar-refractivity contribution in [3.8, 4) is 0 Å². The largest absolute Gasteiger partial charge is 0.393 e. The molecule has 1 aromatic carbocycles. The van der Waals surface area contributed by atoms with Gasteiger partial charge >= 0.3 is 5.69 Å². The number of nitrogen functional groups attached to an aromatic ring is 1. The van der Waals surface area contributed by atoms with Gasteiger partial charge in [0.05, 0.1) is 11.0 Å². The Hall–Kier alpha value is -1.82. The molecule has 6 heteroatoms. The lowest BCUT2D eigenvalue weighted by atomic mass is 9.93. The molecule has 1 saturated carbocycles. The van der Waals surface area contributed by atoms with Gasteiger partial charge in [0.25, 0.3) is 0 Å². The van der Waals surface area contributed by atoms with Crippen molar-refractivity contribution in [3.63, 3.8) is 0 Å². The van der Waals surface area contributed by atoms with Crippen LogP contribution >= 0.6 is 0 Å². The maximum atomic E-state index is 11.0. The van der Waals surface area contributed by atoms with Crippen molar-refractivity contribution in [1.82, 2.24) is 0 Å². The van der Waals surface area contributed by atoms with Crippen LogP contribution in [0.25, 0.3) is 0 Å². The predicted octanol–water partition coefficient (Wildman–Crippen LogP) is 1.89. The van der Waals surface area contributed by atoms with Gasteiger partial charge in [0.2, 0.25) is 0 Å². The fourth-order valence-electron chi connectivity index (χ4n) is 2.32. The monoisotopic (exact) mass is 251 g/mol. The van der Waals surface area contributed by atoms with E-state index in [2.05, 4.69) is 5.32 Å². The zero-order valence-electron chi connectivity index (χ0n) is 10.0. The molecule has 0 saturated heterocycles. The predicted molar refractivity (Wildman–Crippen MR) is 69.4 cm³/mol. The highest BCUT2D eigenvalue weighted by Gasteiger charge is 2.23. The molecule has 18 heavy (non-hydrogen) atoms. The maximum absolute atomic E-state index is 11.0. The smallest absolute Gasteiger partial charge is 0.314 e. The number of aliphatic hydroxyl groups excluding tert-OH is 1. The number of rotatable bonds is 3. The van der Waals surface area contributed by atoms with Crippen LogP contribution in [0.2, 0.25) is 0 Å². The summed E-state index contributed by atoms with van der Waals surface area (Å²) in [4.78, 5) is 10.5. The van der Waals surface area contributed by atoms with Crippen molar-refractivity contribution < 1.29 is 10.0 Å². The van der Waals surface area contributed by atoms with Crippen LogP contribution < -0.4 is 11.1 Å². The lowest BCUT2D eigenvalue weighted by Gasteiger charge is -2.26. The van der Waals surface area contributed by atoms with Crippen LogP contribution in [0.3, 0.4) is 0 Å². The highest BCUT2D eigenvalue weighted by Crippen LogP contribution is 2.32. The van der Waals surface area contributed by atoms with Gasteiger partial charge in [-0.05, 0) is 37.8 Å². The van der Waals surface area contributed by atoms with E-state index in [9.17, 15) is 15.2 Å². The molecule has 1 aromatic rings. The molecule has 6 nitrogen and oxygen atoms in total. The molecule has 0 unspecified atom stereocenters. The highest BCUT2D eigenvalue weighted by molar-refractivity contribution is 5.74. The second-order valence-electron chi connectivity index (χ2n) is 4.65. The van der Waals surface area contributed by atoms with E-state index in [0.717, 1.165) is 25.7 Å². The van der Waals surface area contributed by atoms with Gasteiger partial charge in [-0.1, -0.05) is 6.07 Å². The van der Waals surface area contributed by atoms with Gasteiger partial charge in [0.15, 0.2) is 0 Å². The first kappa shape index (κ1) is 12.6. The molecule has 1 aliphatic rings. The first-order valence-electron chi connectivity index (χ1n) is 6.05. The van der Waals surface area contributed by atoms with Crippen molar-refractivity contribution >= 4 is 17.1 Å². The van der Waals surface area contributed by atoms with E-state index in [-0.39, 0.29) is 23.5 Å². The summed E-state index contributed by atoms with van der Waals surface area (Å²) in [7, 11) is 0. The second kappa shape index (κ2) is 5.22. The Bertz CT molecular complexity index is 442. The molecule has 0 radical (unpaired) electrons. The molecular weight excluding hydrogens is 234 g/mol. The minimum atomic E-state index is -0.463. The quantitative estimate of drug-likeness (QED) is 0.432. The summed E-state index contributed by atoms with van der Waals surface area (Å²) in [5.41, 5.74) is 6.19. The summed E-state index contributed by atoms with van der Waals surface area (Å²) in [6, 6.07) is 5.05. The molecule has 2 rings (SSSR count). The second-order valence-corrected chi connectivity index (χ2v) is 4.65. The summed E-state index contributed by atoms with van der Waals surface area (Å²) in [6.45, 7) is 0. The Morgan fingerprint density at radius 2 is 2.00 bits per heavy atom. The van der Waals surface area contributed by atoms with E-state index in [4.69, 9.17) is 5.73 Å². The normalized spacial score (nSPS) is 23.6. The van der Waals surface area contributed by atoms with Gasteiger partial charge in [-0.3, -0.25) is 10.1 Å². The van der Waals surface area contributed by atoms with Crippen molar-refractivity contribution in [3.05, 3.63) is 28.3 Å². The standard InChI is InChI=1S/C12H17N3O3/c13-10-2-1-3-11(12(10)15(17)18)14-8-4-6-9(16)7-5-8/h1-3,8-9,14,16H,4-7,13H2. The maximum Gasteiger partial charge on any atom is 0.314 e. The number of nitrogens with zero attached hydrogens (tertiary/aromatic N) is 1. The third-order valence-corrected chi connectivity index (χ3v) is 3.31. The average Bonchev–Trinajstić information content (AvgIpc) is 2.32. The van der Waals surface area contributed by atoms with E-state index < -0.39 is 4.92 Å². The molecule has 0 aromatic heterocycles. The zero-order chi connectivity index (χ0) is 13.1. The zero-order valence-corrected chi connectivity index (χ0v) is 10.0. The van der Waals surface area contributed by atoms with Crippen molar-refractivity contribution in [2.24, 2.45) is 0 Å². The number of nitro benzene ring substituents is 1. The first-order chi connectivity index (χ1) is 8.58. The van der Waals surface area contributed by atoms with Crippen LogP contribution in [-0.2, 0) is 0 Å². The minimum absolute atomic E-state index is 0.0661. The van der Waals surface area contributed by atoms with Crippen LogP contribution in [0.4, 0.5) is 17.1 Å². The van der Waals surface area contributed by atoms with Crippen LogP contribution in [0.5, 0.6) is 0 Å². The Kier molecular flexibility index (Phi) is 3.66. The number of nitro groups is 1. The summed E-state index contributed by atoms with van der Waals surface area (Å²) in [5, 5.41) is 23.6. The molecule has 0 bridgehead atoms. The summed E-state index contributed by atoms with van der Waals surface area (Å²) in [5.74, 6) is 0. The lowest BCUT2D eigenvalue weighted by Crippen LogP contribution is -2.28. The number of nitrogens with one attached hydrogen (secondary N) is 1. The molecule has 98 valence electrons. The lowest BCUT2D eigenvalue weighted by molar-refractivity contribution is -0.383. The van der Waals surface area contributed by atoms with Gasteiger partial charge in [0, 0.05) is 6.04 Å². The fraction of sp³-hybridized carbons (Fsp3) is 0.500. The first-order valence-corrected chi connectivity index (χ1v) is 6.05. The van der Waals surface area contributed by atoms with Gasteiger partial charge < -0.3 is 16.2 Å². The summed E-state index contributed by atoms with van der Waals surface area (Å²) in [6.07, 6.45) is 2.85. The number of anilines is 2. The van der Waals surface area contributed by atoms with Crippen LogP contribution in [0, 0.1) is 10.1 Å². The number of aliphatic hydroxyl groups is 1. The number of para-hydroxylation sites is 1. The topological polar surface area (TPSA) is 101 Å². The van der Waals surface area contributed by atoms with Crippen molar-refractivity contribution in [2.75, 3.05) is 11.1 Å². The number of hydrogen-bond acceptors (Lipinski definition) is 5. The molecule has 0 spiro atoms. The van der Waals surface area contributed by atoms with Gasteiger partial charge in [0.1, 0.15) is 11.4 Å².